The van der Waals surface area contributed by atoms with Gasteiger partial charge in [0.1, 0.15) is 11.5 Å². The van der Waals surface area contributed by atoms with Crippen LogP contribution in [0.1, 0.15) is 24.0 Å². The van der Waals surface area contributed by atoms with Gasteiger partial charge in [0, 0.05) is 23.5 Å². The van der Waals surface area contributed by atoms with Crippen LogP contribution < -0.4 is 4.90 Å². The second-order valence-corrected chi connectivity index (χ2v) is 9.66. The largest absolute Gasteiger partial charge is 0.512 e. The van der Waals surface area contributed by atoms with Crippen molar-refractivity contribution >= 4 is 28.2 Å². The number of phenolic OH excluding ortho intramolecular Hbond substituents is 1. The topological polar surface area (TPSA) is 63.9 Å². The van der Waals surface area contributed by atoms with Crippen LogP contribution >= 0.6 is 0 Å². The first kappa shape index (κ1) is 26.4. The van der Waals surface area contributed by atoms with E-state index < -0.39 is 0 Å². The number of rotatable bonds is 8. The second kappa shape index (κ2) is 11.7. The third-order valence-corrected chi connectivity index (χ3v) is 6.85. The van der Waals surface area contributed by atoms with Gasteiger partial charge in [-0.15, -0.1) is 0 Å². The fourth-order valence-electron chi connectivity index (χ4n) is 4.87. The minimum atomic E-state index is -0.0243. The van der Waals surface area contributed by atoms with Crippen molar-refractivity contribution in [3.63, 3.8) is 0 Å². The third-order valence-electron chi connectivity index (χ3n) is 6.85. The van der Waals surface area contributed by atoms with Gasteiger partial charge in [-0.1, -0.05) is 73.8 Å². The van der Waals surface area contributed by atoms with Gasteiger partial charge in [0.15, 0.2) is 0 Å². The molecule has 4 aromatic carbocycles. The van der Waals surface area contributed by atoms with E-state index in [1.54, 1.807) is 24.3 Å². The molecule has 4 aromatic rings. The molecule has 0 bridgehead atoms. The number of benzene rings is 4. The predicted octanol–water partition coefficient (Wildman–Crippen LogP) is 9.79. The Morgan fingerprint density at radius 3 is 1.90 bits per heavy atom. The van der Waals surface area contributed by atoms with Gasteiger partial charge in [0.25, 0.3) is 0 Å². The van der Waals surface area contributed by atoms with E-state index in [0.717, 1.165) is 56.9 Å². The molecule has 0 fully saturated rings. The fourth-order valence-corrected chi connectivity index (χ4v) is 4.87. The molecule has 0 heterocycles. The Hall–Kier alpha value is -5.22. The Morgan fingerprint density at radius 1 is 0.750 bits per heavy atom. The highest BCUT2D eigenvalue weighted by Gasteiger charge is 2.15. The molecule has 198 valence electrons. The van der Waals surface area contributed by atoms with Gasteiger partial charge in [0.05, 0.1) is 5.76 Å². The number of nitrogens with zero attached hydrogens (tertiary/aromatic N) is 1. The van der Waals surface area contributed by atoms with Crippen molar-refractivity contribution in [2.24, 2.45) is 0 Å². The number of aliphatic hydroxyl groups excluding tert-OH is 2. The van der Waals surface area contributed by atoms with Crippen LogP contribution in [0.15, 0.2) is 146 Å². The SMILES string of the molecule is C=C/C(=C\C(=C)O)c1ccc(N(c2ccc(C3=CCCC(O)=C3)cc2)c2ccc(-c3cccc(O)c3)cc2)cc1. The summed E-state index contributed by atoms with van der Waals surface area (Å²) >= 11 is 0. The third kappa shape index (κ3) is 5.92. The van der Waals surface area contributed by atoms with E-state index in [9.17, 15) is 15.3 Å². The molecule has 4 heteroatoms. The smallest absolute Gasteiger partial charge is 0.116 e. The molecular formula is C36H31NO3. The Balaban J connectivity index is 1.53. The minimum absolute atomic E-state index is 0.0243. The van der Waals surface area contributed by atoms with Gasteiger partial charge in [-0.05, 0) is 101 Å². The summed E-state index contributed by atoms with van der Waals surface area (Å²) in [6, 6.07) is 31.8. The molecule has 4 nitrogen and oxygen atoms in total. The van der Waals surface area contributed by atoms with E-state index in [0.29, 0.717) is 12.2 Å². The molecule has 0 spiro atoms. The van der Waals surface area contributed by atoms with Gasteiger partial charge in [-0.25, -0.2) is 0 Å². The van der Waals surface area contributed by atoms with Crippen LogP contribution in [-0.2, 0) is 0 Å². The Bertz CT molecular complexity index is 1620. The van der Waals surface area contributed by atoms with E-state index in [4.69, 9.17) is 0 Å². The highest BCUT2D eigenvalue weighted by molar-refractivity contribution is 5.83. The molecule has 1 aliphatic rings. The van der Waals surface area contributed by atoms with Crippen LogP contribution in [0.2, 0.25) is 0 Å². The van der Waals surface area contributed by atoms with Crippen LogP contribution in [0.3, 0.4) is 0 Å². The number of anilines is 3. The summed E-state index contributed by atoms with van der Waals surface area (Å²) in [5.74, 6) is 0.619. The summed E-state index contributed by atoms with van der Waals surface area (Å²) < 4.78 is 0. The molecule has 0 aromatic heterocycles. The number of allylic oxidation sites excluding steroid dienone is 7. The number of hydrogen-bond donors (Lipinski definition) is 3. The lowest BCUT2D eigenvalue weighted by Gasteiger charge is -2.26. The van der Waals surface area contributed by atoms with Gasteiger partial charge in [0.2, 0.25) is 0 Å². The lowest BCUT2D eigenvalue weighted by molar-refractivity contribution is 0.388. The zero-order valence-electron chi connectivity index (χ0n) is 22.2. The van der Waals surface area contributed by atoms with Gasteiger partial charge >= 0.3 is 0 Å². The van der Waals surface area contributed by atoms with E-state index in [-0.39, 0.29) is 11.5 Å². The standard InChI is InChI=1S/C36H31NO3/c1-3-26(22-25(2)38)27-10-16-32(17-11-27)37(33-18-12-28(13-19-33)30-6-4-8-35(39)23-30)34-20-14-29(15-21-34)31-7-5-9-36(40)24-31/h3-4,6-8,10-24,38-40H,1-2,5,9H2/b26-22+. The molecule has 40 heavy (non-hydrogen) atoms. The maximum absolute atomic E-state index is 10.00. The number of hydrogen-bond acceptors (Lipinski definition) is 4. The average molecular weight is 526 g/mol. The number of aliphatic hydroxyl groups is 2. The van der Waals surface area contributed by atoms with Crippen molar-refractivity contribution in [3.05, 3.63) is 157 Å². The highest BCUT2D eigenvalue weighted by Crippen LogP contribution is 2.37. The molecule has 0 saturated heterocycles. The Morgan fingerprint density at radius 2 is 1.35 bits per heavy atom. The van der Waals surface area contributed by atoms with Gasteiger partial charge in [-0.3, -0.25) is 0 Å². The monoisotopic (exact) mass is 525 g/mol. The first-order chi connectivity index (χ1) is 19.4. The summed E-state index contributed by atoms with van der Waals surface area (Å²) in [7, 11) is 0. The lowest BCUT2D eigenvalue weighted by Crippen LogP contribution is -2.10. The molecule has 0 aliphatic heterocycles. The summed E-state index contributed by atoms with van der Waals surface area (Å²) in [5.41, 5.74) is 8.63. The Kier molecular flexibility index (Phi) is 7.70. The van der Waals surface area contributed by atoms with Crippen LogP contribution in [0.4, 0.5) is 17.1 Å². The first-order valence-electron chi connectivity index (χ1n) is 13.1. The van der Waals surface area contributed by atoms with Crippen LogP contribution in [-0.4, -0.2) is 15.3 Å². The van der Waals surface area contributed by atoms with Crippen LogP contribution in [0, 0.1) is 0 Å². The molecule has 0 radical (unpaired) electrons. The van der Waals surface area contributed by atoms with Crippen LogP contribution in [0.25, 0.3) is 22.3 Å². The average Bonchev–Trinajstić information content (AvgIpc) is 2.97. The van der Waals surface area contributed by atoms with Gasteiger partial charge in [-0.2, -0.15) is 0 Å². The normalized spacial score (nSPS) is 13.2. The van der Waals surface area contributed by atoms with Crippen molar-refractivity contribution in [1.29, 1.82) is 0 Å². The van der Waals surface area contributed by atoms with Crippen molar-refractivity contribution in [2.45, 2.75) is 12.8 Å². The quantitative estimate of drug-likeness (QED) is 0.158. The maximum atomic E-state index is 10.00. The minimum Gasteiger partial charge on any atom is -0.512 e. The predicted molar refractivity (Wildman–Crippen MR) is 166 cm³/mol. The van der Waals surface area contributed by atoms with Crippen molar-refractivity contribution < 1.29 is 15.3 Å². The lowest BCUT2D eigenvalue weighted by atomic mass is 9.98. The maximum Gasteiger partial charge on any atom is 0.116 e. The number of phenols is 1. The summed E-state index contributed by atoms with van der Waals surface area (Å²) in [6.45, 7) is 7.42. The zero-order valence-corrected chi connectivity index (χ0v) is 22.2. The molecule has 0 atom stereocenters. The van der Waals surface area contributed by atoms with E-state index in [1.807, 2.05) is 54.6 Å². The Labute approximate surface area is 235 Å². The molecule has 0 amide bonds. The zero-order chi connectivity index (χ0) is 28.1. The molecular weight excluding hydrogens is 494 g/mol. The summed E-state index contributed by atoms with van der Waals surface area (Å²) in [5, 5.41) is 29.6. The molecule has 1 aliphatic carbocycles. The van der Waals surface area contributed by atoms with Crippen molar-refractivity contribution in [1.82, 2.24) is 0 Å². The van der Waals surface area contributed by atoms with Crippen molar-refractivity contribution in [3.8, 4) is 16.9 Å². The van der Waals surface area contributed by atoms with E-state index >= 15 is 0 Å². The van der Waals surface area contributed by atoms with Crippen molar-refractivity contribution in [2.75, 3.05) is 4.90 Å². The summed E-state index contributed by atoms with van der Waals surface area (Å²) in [6.07, 6.45) is 8.77. The fraction of sp³-hybridized carbons (Fsp3) is 0.0556. The highest BCUT2D eigenvalue weighted by atomic mass is 16.3. The number of aromatic hydroxyl groups is 1. The van der Waals surface area contributed by atoms with E-state index in [2.05, 4.69) is 60.5 Å². The van der Waals surface area contributed by atoms with Gasteiger partial charge < -0.3 is 20.2 Å². The van der Waals surface area contributed by atoms with E-state index in [1.165, 1.54) is 0 Å². The molecule has 3 N–H and O–H groups in total. The van der Waals surface area contributed by atoms with Crippen LogP contribution in [0.5, 0.6) is 5.75 Å². The molecule has 5 rings (SSSR count). The summed E-state index contributed by atoms with van der Waals surface area (Å²) in [4.78, 5) is 2.17. The first-order valence-corrected chi connectivity index (χ1v) is 13.1. The molecule has 0 unspecified atom stereocenters. The molecule has 0 saturated carbocycles. The second-order valence-electron chi connectivity index (χ2n) is 9.66.